The van der Waals surface area contributed by atoms with Gasteiger partial charge in [0.1, 0.15) is 0 Å². The lowest BCUT2D eigenvalue weighted by molar-refractivity contribution is -0.0884. The van der Waals surface area contributed by atoms with Crippen molar-refractivity contribution in [1.82, 2.24) is 4.98 Å². The Labute approximate surface area is 104 Å². The summed E-state index contributed by atoms with van der Waals surface area (Å²) < 4.78 is 37.0. The molecule has 0 bridgehead atoms. The van der Waals surface area contributed by atoms with Crippen LogP contribution in [0, 0.1) is 0 Å². The lowest BCUT2D eigenvalue weighted by atomic mass is 10.1. The van der Waals surface area contributed by atoms with Crippen molar-refractivity contribution in [2.75, 3.05) is 5.73 Å². The first kappa shape index (κ1) is 12.6. The molecule has 0 radical (unpaired) electrons. The second kappa shape index (κ2) is 4.13. The molecule has 2 rings (SSSR count). The van der Waals surface area contributed by atoms with Crippen LogP contribution in [-0.4, -0.2) is 16.9 Å². The molecule has 2 aromatic rings. The molecule has 3 nitrogen and oxygen atoms in total. The van der Waals surface area contributed by atoms with Gasteiger partial charge in [0.05, 0.1) is 16.8 Å². The van der Waals surface area contributed by atoms with Crippen LogP contribution in [0.4, 0.5) is 18.9 Å². The first-order chi connectivity index (χ1) is 8.30. The van der Waals surface area contributed by atoms with Crippen LogP contribution >= 0.6 is 11.6 Å². The highest BCUT2D eigenvalue weighted by molar-refractivity contribution is 6.31. The number of rotatable bonds is 1. The highest BCUT2D eigenvalue weighted by atomic mass is 35.5. The smallest absolute Gasteiger partial charge is 0.398 e. The van der Waals surface area contributed by atoms with Crippen LogP contribution in [0.1, 0.15) is 10.4 Å². The van der Waals surface area contributed by atoms with E-state index < -0.39 is 17.5 Å². The first-order valence-corrected chi connectivity index (χ1v) is 5.14. The van der Waals surface area contributed by atoms with Gasteiger partial charge in [0.15, 0.2) is 0 Å². The molecular formula is C11H6ClF3N2O. The number of halogens is 4. The summed E-state index contributed by atoms with van der Waals surface area (Å²) in [5.74, 6) is -2.01. The Bertz CT molecular complexity index is 640. The van der Waals surface area contributed by atoms with Crippen LogP contribution in [-0.2, 0) is 0 Å². The van der Waals surface area contributed by atoms with Crippen LogP contribution < -0.4 is 5.73 Å². The van der Waals surface area contributed by atoms with E-state index in [9.17, 15) is 18.0 Å². The summed E-state index contributed by atoms with van der Waals surface area (Å²) in [5.41, 5.74) is 4.99. The largest absolute Gasteiger partial charge is 0.455 e. The molecule has 7 heteroatoms. The number of nitrogens with two attached hydrogens (primary N) is 1. The van der Waals surface area contributed by atoms with Crippen molar-refractivity contribution in [3.05, 3.63) is 35.0 Å². The molecule has 0 aliphatic carbocycles. The van der Waals surface area contributed by atoms with Crippen LogP contribution in [0.15, 0.2) is 24.4 Å². The SMILES string of the molecule is Nc1c(C(=O)C(F)(F)F)cnc2cc(Cl)ccc12. The highest BCUT2D eigenvalue weighted by Gasteiger charge is 2.40. The van der Waals surface area contributed by atoms with Crippen molar-refractivity contribution in [1.29, 1.82) is 0 Å². The van der Waals surface area contributed by atoms with E-state index in [-0.39, 0.29) is 11.1 Å². The number of ketones is 1. The van der Waals surface area contributed by atoms with Crippen molar-refractivity contribution < 1.29 is 18.0 Å². The number of anilines is 1. The third kappa shape index (κ3) is 2.11. The summed E-state index contributed by atoms with van der Waals surface area (Å²) >= 11 is 5.72. The van der Waals surface area contributed by atoms with Gasteiger partial charge >= 0.3 is 6.18 Å². The monoisotopic (exact) mass is 274 g/mol. The number of carbonyl (C=O) groups excluding carboxylic acids is 1. The molecular weight excluding hydrogens is 269 g/mol. The third-order valence-electron chi connectivity index (χ3n) is 2.37. The normalized spacial score (nSPS) is 11.8. The van der Waals surface area contributed by atoms with Crippen molar-refractivity contribution >= 4 is 34.0 Å². The Morgan fingerprint density at radius 1 is 1.33 bits per heavy atom. The maximum absolute atomic E-state index is 12.3. The molecule has 0 saturated heterocycles. The van der Waals surface area contributed by atoms with Crippen LogP contribution in [0.5, 0.6) is 0 Å². The zero-order chi connectivity index (χ0) is 13.5. The molecule has 0 unspecified atom stereocenters. The predicted octanol–water partition coefficient (Wildman–Crippen LogP) is 3.22. The Morgan fingerprint density at radius 3 is 2.61 bits per heavy atom. The molecule has 1 aromatic heterocycles. The minimum absolute atomic E-state index is 0.251. The van der Waals surface area contributed by atoms with Gasteiger partial charge in [-0.2, -0.15) is 13.2 Å². The zero-order valence-corrected chi connectivity index (χ0v) is 9.51. The average Bonchev–Trinajstić information content (AvgIpc) is 2.27. The molecule has 18 heavy (non-hydrogen) atoms. The molecule has 2 N–H and O–H groups in total. The second-order valence-electron chi connectivity index (χ2n) is 3.57. The Morgan fingerprint density at radius 2 is 2.00 bits per heavy atom. The fourth-order valence-electron chi connectivity index (χ4n) is 1.52. The number of hydrogen-bond donors (Lipinski definition) is 1. The molecule has 0 fully saturated rings. The quantitative estimate of drug-likeness (QED) is 0.812. The number of pyridine rings is 1. The first-order valence-electron chi connectivity index (χ1n) is 4.76. The minimum atomic E-state index is -4.98. The zero-order valence-electron chi connectivity index (χ0n) is 8.75. The molecule has 0 saturated carbocycles. The van der Waals surface area contributed by atoms with E-state index in [0.717, 1.165) is 6.20 Å². The van der Waals surface area contributed by atoms with Gasteiger partial charge in [-0.25, -0.2) is 0 Å². The maximum Gasteiger partial charge on any atom is 0.455 e. The van der Waals surface area contributed by atoms with Crippen LogP contribution in [0.2, 0.25) is 5.02 Å². The van der Waals surface area contributed by atoms with E-state index in [1.807, 2.05) is 0 Å². The summed E-state index contributed by atoms with van der Waals surface area (Å²) in [7, 11) is 0. The topological polar surface area (TPSA) is 56.0 Å². The maximum atomic E-state index is 12.3. The number of nitrogens with zero attached hydrogens (tertiary/aromatic N) is 1. The van der Waals surface area contributed by atoms with E-state index in [2.05, 4.69) is 4.98 Å². The molecule has 1 aromatic carbocycles. The third-order valence-corrected chi connectivity index (χ3v) is 2.61. The fourth-order valence-corrected chi connectivity index (χ4v) is 1.69. The Kier molecular flexibility index (Phi) is 2.90. The summed E-state index contributed by atoms with van der Waals surface area (Å²) in [6, 6.07) is 4.34. The minimum Gasteiger partial charge on any atom is -0.398 e. The summed E-state index contributed by atoms with van der Waals surface area (Å²) in [5, 5.41) is 0.638. The predicted molar refractivity (Wildman–Crippen MR) is 61.6 cm³/mol. The van der Waals surface area contributed by atoms with Crippen molar-refractivity contribution in [2.24, 2.45) is 0 Å². The lowest BCUT2D eigenvalue weighted by Gasteiger charge is -2.09. The van der Waals surface area contributed by atoms with Gasteiger partial charge in [-0.05, 0) is 18.2 Å². The standard InChI is InChI=1S/C11H6ClF3N2O/c12-5-1-2-6-8(3-5)17-4-7(9(6)16)10(18)11(13,14)15/h1-4H,(H2,16,17). The molecule has 0 aliphatic heterocycles. The van der Waals surface area contributed by atoms with Gasteiger partial charge in [-0.15, -0.1) is 0 Å². The van der Waals surface area contributed by atoms with E-state index in [1.165, 1.54) is 18.2 Å². The number of Topliss-reactive ketones (excluding diaryl/α,β-unsaturated/α-hetero) is 1. The number of carbonyl (C=O) groups is 1. The fraction of sp³-hybridized carbons (Fsp3) is 0.0909. The summed E-state index contributed by atoms with van der Waals surface area (Å²) in [6.07, 6.45) is -4.17. The summed E-state index contributed by atoms with van der Waals surface area (Å²) in [6.45, 7) is 0. The van der Waals surface area contributed by atoms with Gasteiger partial charge in [0.25, 0.3) is 5.78 Å². The van der Waals surface area contributed by atoms with Crippen molar-refractivity contribution in [2.45, 2.75) is 6.18 Å². The van der Waals surface area contributed by atoms with E-state index in [1.54, 1.807) is 0 Å². The molecule has 0 spiro atoms. The number of alkyl halides is 3. The van der Waals surface area contributed by atoms with Gasteiger partial charge < -0.3 is 5.73 Å². The van der Waals surface area contributed by atoms with Gasteiger partial charge in [0.2, 0.25) is 0 Å². The van der Waals surface area contributed by atoms with Gasteiger partial charge in [-0.1, -0.05) is 11.6 Å². The molecule has 0 aliphatic rings. The number of nitrogen functional groups attached to an aromatic ring is 1. The second-order valence-corrected chi connectivity index (χ2v) is 4.01. The molecule has 1 heterocycles. The molecule has 0 atom stereocenters. The average molecular weight is 275 g/mol. The Hall–Kier alpha value is -1.82. The molecule has 0 amide bonds. The van der Waals surface area contributed by atoms with Gasteiger partial charge in [-0.3, -0.25) is 9.78 Å². The number of benzene rings is 1. The Balaban J connectivity index is 2.66. The molecule has 94 valence electrons. The van der Waals surface area contributed by atoms with Crippen molar-refractivity contribution in [3.63, 3.8) is 0 Å². The number of aromatic nitrogens is 1. The van der Waals surface area contributed by atoms with Crippen LogP contribution in [0.25, 0.3) is 10.9 Å². The van der Waals surface area contributed by atoms with Crippen LogP contribution in [0.3, 0.4) is 0 Å². The number of hydrogen-bond acceptors (Lipinski definition) is 3. The lowest BCUT2D eigenvalue weighted by Crippen LogP contribution is -2.24. The van der Waals surface area contributed by atoms with Crippen molar-refractivity contribution in [3.8, 4) is 0 Å². The highest BCUT2D eigenvalue weighted by Crippen LogP contribution is 2.29. The van der Waals surface area contributed by atoms with E-state index >= 15 is 0 Å². The van der Waals surface area contributed by atoms with E-state index in [0.29, 0.717) is 10.5 Å². The van der Waals surface area contributed by atoms with E-state index in [4.69, 9.17) is 17.3 Å². The number of fused-ring (bicyclic) bond motifs is 1. The van der Waals surface area contributed by atoms with Gasteiger partial charge in [0, 0.05) is 16.6 Å². The summed E-state index contributed by atoms with van der Waals surface area (Å²) in [4.78, 5) is 14.9.